The Morgan fingerprint density at radius 2 is 1.56 bits per heavy atom. The molecule has 0 bridgehead atoms. The third-order valence-electron chi connectivity index (χ3n) is 9.29. The molecule has 0 amide bonds. The number of rotatable bonds is 7. The first kappa shape index (κ1) is 24.4. The fourth-order valence-corrected chi connectivity index (χ4v) is 7.30. The molecule has 4 aliphatic rings. The summed E-state index contributed by atoms with van der Waals surface area (Å²) < 4.78 is 32.8. The van der Waals surface area contributed by atoms with Crippen molar-refractivity contribution in [2.75, 3.05) is 11.9 Å². The monoisotopic (exact) mass is 478 g/mol. The number of aliphatic hydroxyl groups excluding tert-OH is 2. The van der Waals surface area contributed by atoms with E-state index in [0.29, 0.717) is 5.92 Å². The summed E-state index contributed by atoms with van der Waals surface area (Å²) >= 11 is 0. The number of halogens is 2. The van der Waals surface area contributed by atoms with E-state index in [4.69, 9.17) is 4.74 Å². The van der Waals surface area contributed by atoms with E-state index in [-0.39, 0.29) is 12.4 Å². The summed E-state index contributed by atoms with van der Waals surface area (Å²) in [5, 5.41) is 23.9. The van der Waals surface area contributed by atoms with E-state index in [9.17, 15) is 19.0 Å². The second kappa shape index (κ2) is 10.8. The van der Waals surface area contributed by atoms with Gasteiger partial charge >= 0.3 is 0 Å². The van der Waals surface area contributed by atoms with Crippen molar-refractivity contribution in [1.29, 1.82) is 0 Å². The van der Waals surface area contributed by atoms with Gasteiger partial charge in [0.05, 0.1) is 24.9 Å². The predicted octanol–water partition coefficient (Wildman–Crippen LogP) is 5.06. The number of nitrogens with zero attached hydrogens (tertiary/aromatic N) is 1. The molecule has 1 aromatic rings. The van der Waals surface area contributed by atoms with Crippen LogP contribution in [0.4, 0.5) is 14.6 Å². The van der Waals surface area contributed by atoms with Crippen molar-refractivity contribution in [3.63, 3.8) is 0 Å². The lowest BCUT2D eigenvalue weighted by Crippen LogP contribution is -2.56. The zero-order valence-electron chi connectivity index (χ0n) is 20.0. The van der Waals surface area contributed by atoms with E-state index in [0.717, 1.165) is 42.4 Å². The van der Waals surface area contributed by atoms with E-state index >= 15 is 0 Å². The number of hydrogen-bond donors (Lipinski definition) is 3. The Kier molecular flexibility index (Phi) is 7.71. The Hall–Kier alpha value is -1.31. The molecule has 2 heterocycles. The van der Waals surface area contributed by atoms with Gasteiger partial charge in [0, 0.05) is 6.07 Å². The molecular weight excluding hydrogens is 438 g/mol. The fraction of sp³-hybridized carbons (Fsp3) is 0.815. The third-order valence-corrected chi connectivity index (χ3v) is 9.29. The normalized spacial score (nSPS) is 39.1. The second-order valence-electron chi connectivity index (χ2n) is 11.6. The van der Waals surface area contributed by atoms with Crippen LogP contribution in [0.15, 0.2) is 12.3 Å². The average molecular weight is 479 g/mol. The molecule has 4 fully saturated rings. The van der Waals surface area contributed by atoms with Gasteiger partial charge in [0.25, 0.3) is 0 Å². The molecule has 1 aromatic heterocycles. The van der Waals surface area contributed by atoms with Crippen molar-refractivity contribution in [3.8, 4) is 0 Å². The second-order valence-corrected chi connectivity index (χ2v) is 11.6. The highest BCUT2D eigenvalue weighted by Gasteiger charge is 2.42. The van der Waals surface area contributed by atoms with Crippen LogP contribution in [0.25, 0.3) is 0 Å². The van der Waals surface area contributed by atoms with Gasteiger partial charge in [-0.2, -0.15) is 0 Å². The lowest BCUT2D eigenvalue weighted by molar-refractivity contribution is -0.150. The highest BCUT2D eigenvalue weighted by molar-refractivity contribution is 5.37. The van der Waals surface area contributed by atoms with Crippen LogP contribution in [0.1, 0.15) is 77.0 Å². The van der Waals surface area contributed by atoms with Gasteiger partial charge in [-0.15, -0.1) is 0 Å². The molecule has 3 aliphatic carbocycles. The molecule has 34 heavy (non-hydrogen) atoms. The van der Waals surface area contributed by atoms with Crippen LogP contribution in [0.5, 0.6) is 0 Å². The summed E-state index contributed by atoms with van der Waals surface area (Å²) in [6, 6.07) is 0.0334. The molecule has 5 rings (SSSR count). The molecule has 0 radical (unpaired) electrons. The molecule has 5 nitrogen and oxygen atoms in total. The Balaban J connectivity index is 1.01. The number of aliphatic hydroxyl groups is 2. The van der Waals surface area contributed by atoms with Crippen LogP contribution in [0.3, 0.4) is 0 Å². The van der Waals surface area contributed by atoms with Crippen LogP contribution in [-0.2, 0) is 4.74 Å². The average Bonchev–Trinajstić information content (AvgIpc) is 3.34. The summed E-state index contributed by atoms with van der Waals surface area (Å²) in [7, 11) is 0. The summed E-state index contributed by atoms with van der Waals surface area (Å²) in [6.45, 7) is 0.141. The molecule has 3 N–H and O–H groups in total. The highest BCUT2D eigenvalue weighted by atomic mass is 19.1. The fourth-order valence-electron chi connectivity index (χ4n) is 7.30. The molecule has 1 saturated heterocycles. The van der Waals surface area contributed by atoms with Gasteiger partial charge in [-0.25, -0.2) is 13.8 Å². The third kappa shape index (κ3) is 5.57. The Morgan fingerprint density at radius 3 is 2.26 bits per heavy atom. The summed E-state index contributed by atoms with van der Waals surface area (Å²) in [5.74, 6) is 2.49. The van der Waals surface area contributed by atoms with Gasteiger partial charge in [-0.1, -0.05) is 38.5 Å². The van der Waals surface area contributed by atoms with Crippen molar-refractivity contribution in [2.24, 2.45) is 29.6 Å². The Morgan fingerprint density at radius 1 is 0.882 bits per heavy atom. The molecule has 1 aliphatic heterocycles. The van der Waals surface area contributed by atoms with Crippen LogP contribution in [-0.4, -0.2) is 46.2 Å². The minimum atomic E-state index is -1.10. The first-order chi connectivity index (χ1) is 16.5. The van der Waals surface area contributed by atoms with E-state index in [2.05, 4.69) is 10.3 Å². The standard InChI is InChI=1S/C27H40F2N2O3/c28-21-13-22(29)27(30-14-21)31-23-15-34-24(26(33)25(23)32)12-18-10-17(11-18)9-16-5-7-20(8-6-16)19-3-1-2-4-19/h13-14,16-20,23-26,32-33H,1-12,15H2,(H,30,31)/t16?,17?,18?,20?,23-,24?,25+,26-/m0/s1. The number of nitrogens with one attached hydrogen (secondary N) is 1. The molecular formula is C27H40F2N2O3. The van der Waals surface area contributed by atoms with Gasteiger partial charge in [0.2, 0.25) is 0 Å². The lowest BCUT2D eigenvalue weighted by atomic mass is 9.65. The summed E-state index contributed by atoms with van der Waals surface area (Å²) in [5.41, 5.74) is 0. The molecule has 4 atom stereocenters. The van der Waals surface area contributed by atoms with Crippen LogP contribution >= 0.6 is 0 Å². The Labute approximate surface area is 201 Å². The number of hydrogen-bond acceptors (Lipinski definition) is 5. The van der Waals surface area contributed by atoms with Crippen molar-refractivity contribution >= 4 is 5.82 Å². The van der Waals surface area contributed by atoms with E-state index in [1.165, 1.54) is 70.6 Å². The van der Waals surface area contributed by atoms with Crippen molar-refractivity contribution in [1.82, 2.24) is 4.98 Å². The largest absolute Gasteiger partial charge is 0.388 e. The molecule has 3 saturated carbocycles. The van der Waals surface area contributed by atoms with Gasteiger partial charge in [-0.3, -0.25) is 0 Å². The zero-order valence-corrected chi connectivity index (χ0v) is 20.0. The first-order valence-electron chi connectivity index (χ1n) is 13.5. The SMILES string of the molecule is O[C@@H]1[C@@H](Nc2ncc(F)cc2F)COC(CC2CC(CC3CCC(C4CCCC4)CC3)C2)[C@@H]1O. The van der Waals surface area contributed by atoms with Crippen LogP contribution < -0.4 is 5.32 Å². The van der Waals surface area contributed by atoms with Crippen molar-refractivity contribution in [2.45, 2.75) is 101 Å². The summed E-state index contributed by atoms with van der Waals surface area (Å²) in [4.78, 5) is 3.69. The predicted molar refractivity (Wildman–Crippen MR) is 126 cm³/mol. The van der Waals surface area contributed by atoms with Gasteiger partial charge in [-0.05, 0) is 68.1 Å². The number of pyridine rings is 1. The molecule has 0 spiro atoms. The quantitative estimate of drug-likeness (QED) is 0.511. The molecule has 190 valence electrons. The topological polar surface area (TPSA) is 74.6 Å². The smallest absolute Gasteiger partial charge is 0.168 e. The van der Waals surface area contributed by atoms with E-state index in [1.54, 1.807) is 0 Å². The number of ether oxygens (including phenoxy) is 1. The number of aromatic nitrogens is 1. The molecule has 0 aromatic carbocycles. The maximum atomic E-state index is 13.9. The van der Waals surface area contributed by atoms with Crippen LogP contribution in [0, 0.1) is 41.2 Å². The van der Waals surface area contributed by atoms with E-state index < -0.39 is 36.0 Å². The Bertz CT molecular complexity index is 807. The van der Waals surface area contributed by atoms with Gasteiger partial charge < -0.3 is 20.3 Å². The lowest BCUT2D eigenvalue weighted by Gasteiger charge is -2.44. The molecule has 1 unspecified atom stereocenters. The molecule has 7 heteroatoms. The minimum absolute atomic E-state index is 0.141. The number of anilines is 1. The van der Waals surface area contributed by atoms with Gasteiger partial charge in [0.1, 0.15) is 18.0 Å². The van der Waals surface area contributed by atoms with Crippen LogP contribution in [0.2, 0.25) is 0 Å². The van der Waals surface area contributed by atoms with E-state index in [1.807, 2.05) is 0 Å². The maximum absolute atomic E-state index is 13.9. The highest BCUT2D eigenvalue weighted by Crippen LogP contribution is 2.46. The zero-order chi connectivity index (χ0) is 23.7. The van der Waals surface area contributed by atoms with Gasteiger partial charge in [0.15, 0.2) is 11.6 Å². The van der Waals surface area contributed by atoms with Crippen molar-refractivity contribution in [3.05, 3.63) is 23.9 Å². The summed E-state index contributed by atoms with van der Waals surface area (Å²) in [6.07, 6.45) is 14.4. The minimum Gasteiger partial charge on any atom is -0.388 e. The first-order valence-corrected chi connectivity index (χ1v) is 13.5. The maximum Gasteiger partial charge on any atom is 0.168 e. The van der Waals surface area contributed by atoms with Crippen molar-refractivity contribution < 1.29 is 23.7 Å².